The summed E-state index contributed by atoms with van der Waals surface area (Å²) in [7, 11) is 0. The van der Waals surface area contributed by atoms with E-state index in [9.17, 15) is 9.18 Å². The molecule has 94 valence electrons. The van der Waals surface area contributed by atoms with Crippen molar-refractivity contribution in [3.8, 4) is 0 Å². The Hall–Kier alpha value is -1.38. The molecule has 1 aromatic rings. The lowest BCUT2D eigenvalue weighted by molar-refractivity contribution is 0.0943. The summed E-state index contributed by atoms with van der Waals surface area (Å²) in [5.74, 6) is -0.427. The van der Waals surface area contributed by atoms with Gasteiger partial charge in [0.15, 0.2) is 0 Å². The van der Waals surface area contributed by atoms with Gasteiger partial charge in [0.1, 0.15) is 5.82 Å². The molecule has 0 spiro atoms. The van der Waals surface area contributed by atoms with Crippen molar-refractivity contribution in [3.63, 3.8) is 0 Å². The fraction of sp³-hybridized carbons (Fsp3) is 0.500. The van der Waals surface area contributed by atoms with Crippen molar-refractivity contribution in [2.24, 2.45) is 0 Å². The average Bonchev–Trinajstić information content (AvgIpc) is 2.15. The molecule has 0 atom stereocenters. The Morgan fingerprint density at radius 2 is 1.88 bits per heavy atom. The molecule has 3 heteroatoms. The fourth-order valence-corrected chi connectivity index (χ4v) is 1.59. The maximum atomic E-state index is 13.7. The van der Waals surface area contributed by atoms with Crippen LogP contribution in [0.3, 0.4) is 0 Å². The van der Waals surface area contributed by atoms with Crippen molar-refractivity contribution in [2.45, 2.75) is 46.1 Å². The van der Waals surface area contributed by atoms with Crippen molar-refractivity contribution in [1.82, 2.24) is 5.32 Å². The van der Waals surface area contributed by atoms with Gasteiger partial charge in [0.05, 0.1) is 0 Å². The predicted octanol–water partition coefficient (Wildman–Crippen LogP) is 3.26. The number of rotatable bonds is 2. The molecule has 0 fully saturated rings. The Bertz CT molecular complexity index is 419. The van der Waals surface area contributed by atoms with Crippen LogP contribution in [0.2, 0.25) is 0 Å². The lowest BCUT2D eigenvalue weighted by Gasteiger charge is -2.20. The van der Waals surface area contributed by atoms with Crippen LogP contribution in [0.1, 0.15) is 50.5 Å². The SMILES string of the molecule is CC(C)NC(=O)c1ccc(F)c(C(C)(C)C)c1. The highest BCUT2D eigenvalue weighted by molar-refractivity contribution is 5.94. The summed E-state index contributed by atoms with van der Waals surface area (Å²) < 4.78 is 13.7. The quantitative estimate of drug-likeness (QED) is 0.840. The van der Waals surface area contributed by atoms with Gasteiger partial charge in [-0.3, -0.25) is 4.79 Å². The highest BCUT2D eigenvalue weighted by atomic mass is 19.1. The van der Waals surface area contributed by atoms with Crippen LogP contribution in [0.4, 0.5) is 4.39 Å². The number of hydrogen-bond acceptors (Lipinski definition) is 1. The zero-order chi connectivity index (χ0) is 13.2. The van der Waals surface area contributed by atoms with Crippen molar-refractivity contribution >= 4 is 5.91 Å². The molecule has 1 rings (SSSR count). The van der Waals surface area contributed by atoms with E-state index < -0.39 is 0 Å². The van der Waals surface area contributed by atoms with Gasteiger partial charge < -0.3 is 5.32 Å². The van der Waals surface area contributed by atoms with Gasteiger partial charge in [-0.1, -0.05) is 20.8 Å². The highest BCUT2D eigenvalue weighted by Crippen LogP contribution is 2.25. The zero-order valence-electron chi connectivity index (χ0n) is 11.1. The van der Waals surface area contributed by atoms with Crippen LogP contribution in [-0.2, 0) is 5.41 Å². The molecule has 2 nitrogen and oxygen atoms in total. The number of benzene rings is 1. The van der Waals surface area contributed by atoms with E-state index in [2.05, 4.69) is 5.32 Å². The van der Waals surface area contributed by atoms with Gasteiger partial charge >= 0.3 is 0 Å². The summed E-state index contributed by atoms with van der Waals surface area (Å²) in [5.41, 5.74) is 0.761. The molecule has 0 heterocycles. The Labute approximate surface area is 102 Å². The molecule has 1 aromatic carbocycles. The normalized spacial score (nSPS) is 11.7. The second-order valence-electron chi connectivity index (χ2n) is 5.57. The van der Waals surface area contributed by atoms with E-state index in [0.717, 1.165) is 0 Å². The molecular formula is C14H20FNO. The summed E-state index contributed by atoms with van der Waals surface area (Å²) >= 11 is 0. The Kier molecular flexibility index (Phi) is 3.91. The molecule has 1 N–H and O–H groups in total. The van der Waals surface area contributed by atoms with E-state index in [1.165, 1.54) is 12.1 Å². The first-order valence-electron chi connectivity index (χ1n) is 5.82. The van der Waals surface area contributed by atoms with Gasteiger partial charge in [0, 0.05) is 11.6 Å². The van der Waals surface area contributed by atoms with E-state index >= 15 is 0 Å². The van der Waals surface area contributed by atoms with Gasteiger partial charge in [-0.05, 0) is 43.0 Å². The lowest BCUT2D eigenvalue weighted by Crippen LogP contribution is -2.30. The minimum absolute atomic E-state index is 0.0747. The van der Waals surface area contributed by atoms with Crippen LogP contribution in [0, 0.1) is 5.82 Å². The van der Waals surface area contributed by atoms with E-state index in [1.807, 2.05) is 34.6 Å². The fourth-order valence-electron chi connectivity index (χ4n) is 1.59. The number of hydrogen-bond donors (Lipinski definition) is 1. The maximum Gasteiger partial charge on any atom is 0.251 e. The zero-order valence-corrected chi connectivity index (χ0v) is 11.1. The predicted molar refractivity (Wildman–Crippen MR) is 67.7 cm³/mol. The van der Waals surface area contributed by atoms with Crippen LogP contribution >= 0.6 is 0 Å². The third-order valence-electron chi connectivity index (χ3n) is 2.46. The number of carbonyl (C=O) groups excluding carboxylic acids is 1. The van der Waals surface area contributed by atoms with E-state index in [-0.39, 0.29) is 23.2 Å². The molecule has 0 saturated heterocycles. The molecule has 0 aliphatic heterocycles. The van der Waals surface area contributed by atoms with Gasteiger partial charge in [-0.2, -0.15) is 0 Å². The third kappa shape index (κ3) is 3.55. The second kappa shape index (κ2) is 4.86. The molecule has 0 aliphatic rings. The summed E-state index contributed by atoms with van der Waals surface area (Å²) in [6, 6.07) is 4.58. The Balaban J connectivity index is 3.09. The minimum atomic E-state index is -0.307. The number of carbonyl (C=O) groups is 1. The molecule has 0 bridgehead atoms. The van der Waals surface area contributed by atoms with Crippen molar-refractivity contribution < 1.29 is 9.18 Å². The molecule has 0 saturated carbocycles. The minimum Gasteiger partial charge on any atom is -0.350 e. The van der Waals surface area contributed by atoms with Crippen LogP contribution in [-0.4, -0.2) is 11.9 Å². The maximum absolute atomic E-state index is 13.7. The summed E-state index contributed by atoms with van der Waals surface area (Å²) in [4.78, 5) is 11.8. The van der Waals surface area contributed by atoms with Crippen LogP contribution in [0.5, 0.6) is 0 Å². The van der Waals surface area contributed by atoms with Gasteiger partial charge in [-0.25, -0.2) is 4.39 Å². The van der Waals surface area contributed by atoms with Crippen molar-refractivity contribution in [3.05, 3.63) is 35.1 Å². The smallest absolute Gasteiger partial charge is 0.251 e. The molecule has 0 aliphatic carbocycles. The van der Waals surface area contributed by atoms with E-state index in [4.69, 9.17) is 0 Å². The lowest BCUT2D eigenvalue weighted by atomic mass is 9.85. The number of nitrogens with one attached hydrogen (secondary N) is 1. The standard InChI is InChI=1S/C14H20FNO/c1-9(2)16-13(17)10-6-7-12(15)11(8-10)14(3,4)5/h6-9H,1-5H3,(H,16,17). The van der Waals surface area contributed by atoms with Gasteiger partial charge in [0.2, 0.25) is 0 Å². The molecule has 0 radical (unpaired) electrons. The van der Waals surface area contributed by atoms with E-state index in [0.29, 0.717) is 11.1 Å². The number of halogens is 1. The van der Waals surface area contributed by atoms with Gasteiger partial charge in [-0.15, -0.1) is 0 Å². The van der Waals surface area contributed by atoms with Crippen molar-refractivity contribution in [2.75, 3.05) is 0 Å². The number of amides is 1. The van der Waals surface area contributed by atoms with Crippen LogP contribution < -0.4 is 5.32 Å². The first-order valence-corrected chi connectivity index (χ1v) is 5.82. The summed E-state index contributed by atoms with van der Waals surface area (Å²) in [5, 5.41) is 2.80. The van der Waals surface area contributed by atoms with E-state index in [1.54, 1.807) is 6.07 Å². The first kappa shape index (κ1) is 13.7. The van der Waals surface area contributed by atoms with Gasteiger partial charge in [0.25, 0.3) is 5.91 Å². The molecular weight excluding hydrogens is 217 g/mol. The largest absolute Gasteiger partial charge is 0.350 e. The second-order valence-corrected chi connectivity index (χ2v) is 5.57. The monoisotopic (exact) mass is 237 g/mol. The van der Waals surface area contributed by atoms with Crippen LogP contribution in [0.25, 0.3) is 0 Å². The Morgan fingerprint density at radius 1 is 1.29 bits per heavy atom. The summed E-state index contributed by atoms with van der Waals surface area (Å²) in [6.07, 6.45) is 0. The summed E-state index contributed by atoms with van der Waals surface area (Å²) in [6.45, 7) is 9.57. The van der Waals surface area contributed by atoms with Crippen LogP contribution in [0.15, 0.2) is 18.2 Å². The first-order chi connectivity index (χ1) is 7.71. The molecule has 0 unspecified atom stereocenters. The third-order valence-corrected chi connectivity index (χ3v) is 2.46. The van der Waals surface area contributed by atoms with Crippen molar-refractivity contribution in [1.29, 1.82) is 0 Å². The molecule has 0 aromatic heterocycles. The molecule has 17 heavy (non-hydrogen) atoms. The highest BCUT2D eigenvalue weighted by Gasteiger charge is 2.20. The molecule has 1 amide bonds. The Morgan fingerprint density at radius 3 is 2.35 bits per heavy atom. The average molecular weight is 237 g/mol. The topological polar surface area (TPSA) is 29.1 Å².